The van der Waals surface area contributed by atoms with E-state index in [0.717, 1.165) is 11.4 Å². The zero-order chi connectivity index (χ0) is 8.39. The molecule has 2 aromatic heterocycles. The van der Waals surface area contributed by atoms with Gasteiger partial charge in [-0.05, 0) is 18.6 Å². The van der Waals surface area contributed by atoms with Crippen LogP contribution in [0, 0.1) is 6.92 Å². The van der Waals surface area contributed by atoms with Crippen molar-refractivity contribution in [3.63, 3.8) is 0 Å². The quantitative estimate of drug-likeness (QED) is 0.624. The fourth-order valence-electron chi connectivity index (χ4n) is 0.932. The largest absolute Gasteiger partial charge is 0.272 e. The normalized spacial score (nSPS) is 10.1. The van der Waals surface area contributed by atoms with Crippen LogP contribution in [-0.2, 0) is 0 Å². The fraction of sp³-hybridized carbons (Fsp3) is 0.125. The second-order valence-corrected chi connectivity index (χ2v) is 2.56. The molecule has 0 unspecified atom stereocenters. The van der Waals surface area contributed by atoms with Gasteiger partial charge in [0.05, 0.1) is 0 Å². The molecule has 4 heteroatoms. The Bertz CT molecular complexity index is 349. The second kappa shape index (κ2) is 2.73. The van der Waals surface area contributed by atoms with Crippen LogP contribution in [0.25, 0.3) is 5.82 Å². The summed E-state index contributed by atoms with van der Waals surface area (Å²) in [5, 5.41) is 7.39. The van der Waals surface area contributed by atoms with Crippen molar-refractivity contribution in [3.8, 4) is 5.82 Å². The van der Waals surface area contributed by atoms with Gasteiger partial charge in [0, 0.05) is 6.20 Å². The van der Waals surface area contributed by atoms with Crippen LogP contribution in [0.3, 0.4) is 0 Å². The highest BCUT2D eigenvalue weighted by molar-refractivity contribution is 5.23. The SMILES string of the molecule is Cc1ccc(-n2cnnc2)nc1. The van der Waals surface area contributed by atoms with Crippen molar-refractivity contribution < 1.29 is 0 Å². The van der Waals surface area contributed by atoms with Crippen LogP contribution in [0.2, 0.25) is 0 Å². The van der Waals surface area contributed by atoms with Gasteiger partial charge in [-0.3, -0.25) is 4.57 Å². The number of aromatic nitrogens is 4. The maximum atomic E-state index is 4.20. The van der Waals surface area contributed by atoms with E-state index in [1.165, 1.54) is 0 Å². The van der Waals surface area contributed by atoms with Gasteiger partial charge in [-0.1, -0.05) is 6.07 Å². The Kier molecular flexibility index (Phi) is 1.59. The zero-order valence-electron chi connectivity index (χ0n) is 6.68. The van der Waals surface area contributed by atoms with E-state index in [9.17, 15) is 0 Å². The van der Waals surface area contributed by atoms with Gasteiger partial charge in [-0.15, -0.1) is 10.2 Å². The first-order valence-corrected chi connectivity index (χ1v) is 3.64. The molecule has 12 heavy (non-hydrogen) atoms. The van der Waals surface area contributed by atoms with Gasteiger partial charge in [0.25, 0.3) is 0 Å². The number of pyridine rings is 1. The average Bonchev–Trinajstić information content (AvgIpc) is 2.58. The molecule has 0 saturated carbocycles. The monoisotopic (exact) mass is 160 g/mol. The van der Waals surface area contributed by atoms with E-state index in [4.69, 9.17) is 0 Å². The van der Waals surface area contributed by atoms with Gasteiger partial charge < -0.3 is 0 Å². The molecule has 0 atom stereocenters. The third-order valence-electron chi connectivity index (χ3n) is 1.58. The van der Waals surface area contributed by atoms with E-state index in [1.807, 2.05) is 25.3 Å². The lowest BCUT2D eigenvalue weighted by molar-refractivity contribution is 0.986. The Balaban J connectivity index is 2.43. The molecular formula is C8H8N4. The first-order chi connectivity index (χ1) is 5.86. The molecule has 0 aliphatic carbocycles. The highest BCUT2D eigenvalue weighted by atomic mass is 15.2. The van der Waals surface area contributed by atoms with E-state index < -0.39 is 0 Å². The lowest BCUT2D eigenvalue weighted by Gasteiger charge is -1.98. The molecule has 0 saturated heterocycles. The molecule has 2 rings (SSSR count). The minimum absolute atomic E-state index is 0.839. The predicted molar refractivity (Wildman–Crippen MR) is 43.9 cm³/mol. The van der Waals surface area contributed by atoms with Crippen LogP contribution in [-0.4, -0.2) is 19.7 Å². The molecule has 0 aliphatic rings. The topological polar surface area (TPSA) is 43.6 Å². The lowest BCUT2D eigenvalue weighted by Crippen LogP contribution is -1.93. The lowest BCUT2D eigenvalue weighted by atomic mass is 10.3. The van der Waals surface area contributed by atoms with Crippen LogP contribution >= 0.6 is 0 Å². The molecule has 0 fully saturated rings. The van der Waals surface area contributed by atoms with Gasteiger partial charge >= 0.3 is 0 Å². The number of hydrogen-bond acceptors (Lipinski definition) is 3. The summed E-state index contributed by atoms with van der Waals surface area (Å²) in [7, 11) is 0. The fourth-order valence-corrected chi connectivity index (χ4v) is 0.932. The van der Waals surface area contributed by atoms with E-state index in [-0.39, 0.29) is 0 Å². The van der Waals surface area contributed by atoms with Crippen molar-refractivity contribution >= 4 is 0 Å². The summed E-state index contributed by atoms with van der Waals surface area (Å²) >= 11 is 0. The standard InChI is InChI=1S/C8H8N4/c1-7-2-3-8(9-4-7)12-5-10-11-6-12/h2-6H,1H3. The smallest absolute Gasteiger partial charge is 0.139 e. The minimum atomic E-state index is 0.839. The van der Waals surface area contributed by atoms with Crippen LogP contribution in [0.4, 0.5) is 0 Å². The number of nitrogens with zero attached hydrogens (tertiary/aromatic N) is 4. The highest BCUT2D eigenvalue weighted by Gasteiger charge is 1.94. The van der Waals surface area contributed by atoms with Gasteiger partial charge in [0.2, 0.25) is 0 Å². The van der Waals surface area contributed by atoms with Crippen LogP contribution < -0.4 is 0 Å². The maximum absolute atomic E-state index is 4.20. The first kappa shape index (κ1) is 6.97. The number of aryl methyl sites for hydroxylation is 1. The van der Waals surface area contributed by atoms with Crippen molar-refractivity contribution in [2.75, 3.05) is 0 Å². The Morgan fingerprint density at radius 1 is 1.17 bits per heavy atom. The van der Waals surface area contributed by atoms with E-state index in [0.29, 0.717) is 0 Å². The van der Waals surface area contributed by atoms with Gasteiger partial charge in [0.1, 0.15) is 18.5 Å². The Labute approximate surface area is 69.9 Å². The van der Waals surface area contributed by atoms with Gasteiger partial charge in [0.15, 0.2) is 0 Å². The molecule has 60 valence electrons. The predicted octanol–water partition coefficient (Wildman–Crippen LogP) is 0.971. The molecule has 0 amide bonds. The minimum Gasteiger partial charge on any atom is -0.272 e. The average molecular weight is 160 g/mol. The van der Waals surface area contributed by atoms with Crippen molar-refractivity contribution in [2.45, 2.75) is 6.92 Å². The molecule has 0 spiro atoms. The first-order valence-electron chi connectivity index (χ1n) is 3.64. The van der Waals surface area contributed by atoms with Gasteiger partial charge in [-0.2, -0.15) is 0 Å². The summed E-state index contributed by atoms with van der Waals surface area (Å²) in [6.45, 7) is 2.00. The Morgan fingerprint density at radius 3 is 2.50 bits per heavy atom. The van der Waals surface area contributed by atoms with E-state index in [1.54, 1.807) is 17.2 Å². The summed E-state index contributed by atoms with van der Waals surface area (Å²) in [4.78, 5) is 4.20. The summed E-state index contributed by atoms with van der Waals surface area (Å²) in [6.07, 6.45) is 5.06. The summed E-state index contributed by atoms with van der Waals surface area (Å²) < 4.78 is 1.76. The Hall–Kier alpha value is -1.71. The van der Waals surface area contributed by atoms with Crippen molar-refractivity contribution in [2.24, 2.45) is 0 Å². The summed E-state index contributed by atoms with van der Waals surface area (Å²) in [5.41, 5.74) is 1.15. The van der Waals surface area contributed by atoms with Crippen molar-refractivity contribution in [1.29, 1.82) is 0 Å². The van der Waals surface area contributed by atoms with Crippen LogP contribution in [0.15, 0.2) is 31.0 Å². The molecule has 2 heterocycles. The molecular weight excluding hydrogens is 152 g/mol. The third-order valence-corrected chi connectivity index (χ3v) is 1.58. The molecule has 0 bridgehead atoms. The summed E-state index contributed by atoms with van der Waals surface area (Å²) in [6, 6.07) is 3.93. The highest BCUT2D eigenvalue weighted by Crippen LogP contribution is 2.02. The summed E-state index contributed by atoms with van der Waals surface area (Å²) in [5.74, 6) is 0.839. The maximum Gasteiger partial charge on any atom is 0.139 e. The molecule has 0 N–H and O–H groups in total. The van der Waals surface area contributed by atoms with Crippen molar-refractivity contribution in [3.05, 3.63) is 36.5 Å². The number of rotatable bonds is 1. The number of hydrogen-bond donors (Lipinski definition) is 0. The third kappa shape index (κ3) is 1.18. The van der Waals surface area contributed by atoms with E-state index in [2.05, 4.69) is 15.2 Å². The molecule has 2 aromatic rings. The molecule has 0 radical (unpaired) electrons. The van der Waals surface area contributed by atoms with Crippen LogP contribution in [0.5, 0.6) is 0 Å². The second-order valence-electron chi connectivity index (χ2n) is 2.56. The zero-order valence-corrected chi connectivity index (χ0v) is 6.68. The van der Waals surface area contributed by atoms with Gasteiger partial charge in [-0.25, -0.2) is 4.98 Å². The Morgan fingerprint density at radius 2 is 1.92 bits per heavy atom. The molecule has 0 aliphatic heterocycles. The van der Waals surface area contributed by atoms with E-state index >= 15 is 0 Å². The molecule has 0 aromatic carbocycles. The molecule has 4 nitrogen and oxygen atoms in total. The van der Waals surface area contributed by atoms with Crippen LogP contribution in [0.1, 0.15) is 5.56 Å². The van der Waals surface area contributed by atoms with Crippen molar-refractivity contribution in [1.82, 2.24) is 19.7 Å².